The van der Waals surface area contributed by atoms with E-state index in [9.17, 15) is 0 Å². The van der Waals surface area contributed by atoms with Crippen LogP contribution >= 0.6 is 0 Å². The van der Waals surface area contributed by atoms with Gasteiger partial charge >= 0.3 is 0 Å². The molecule has 1 aliphatic heterocycles. The fourth-order valence-electron chi connectivity index (χ4n) is 2.74. The van der Waals surface area contributed by atoms with Crippen molar-refractivity contribution in [3.8, 4) is 0 Å². The first-order valence-electron chi connectivity index (χ1n) is 6.80. The highest BCUT2D eigenvalue weighted by atomic mass is 16.5. The number of methoxy groups -OCH3 is 1. The zero-order chi connectivity index (χ0) is 13.0. The number of rotatable bonds is 4. The van der Waals surface area contributed by atoms with E-state index in [-0.39, 0.29) is 6.04 Å². The van der Waals surface area contributed by atoms with Crippen LogP contribution in [0.25, 0.3) is 0 Å². The Hall–Kier alpha value is -1.06. The van der Waals surface area contributed by atoms with Crippen molar-refractivity contribution in [1.82, 2.24) is 0 Å². The number of para-hydroxylation sites is 1. The maximum absolute atomic E-state index is 6.05. The number of benzene rings is 1. The molecule has 0 amide bonds. The minimum atomic E-state index is 0.0953. The summed E-state index contributed by atoms with van der Waals surface area (Å²) >= 11 is 0. The van der Waals surface area contributed by atoms with Crippen LogP contribution in [0.1, 0.15) is 31.4 Å². The van der Waals surface area contributed by atoms with Crippen LogP contribution in [0.4, 0.5) is 5.69 Å². The summed E-state index contributed by atoms with van der Waals surface area (Å²) in [5.74, 6) is 0.716. The number of nitrogens with zero attached hydrogens (tertiary/aromatic N) is 1. The lowest BCUT2D eigenvalue weighted by Gasteiger charge is -2.35. The van der Waals surface area contributed by atoms with E-state index < -0.39 is 0 Å². The van der Waals surface area contributed by atoms with E-state index in [1.807, 2.05) is 0 Å². The van der Waals surface area contributed by atoms with Gasteiger partial charge in [0.2, 0.25) is 0 Å². The lowest BCUT2D eigenvalue weighted by molar-refractivity contribution is 0.139. The Balaban J connectivity index is 2.05. The van der Waals surface area contributed by atoms with Gasteiger partial charge in [0, 0.05) is 38.5 Å². The van der Waals surface area contributed by atoms with Gasteiger partial charge in [-0.2, -0.15) is 0 Å². The third kappa shape index (κ3) is 3.03. The highest BCUT2D eigenvalue weighted by Gasteiger charge is 2.21. The van der Waals surface area contributed by atoms with Gasteiger partial charge in [-0.05, 0) is 37.3 Å². The summed E-state index contributed by atoms with van der Waals surface area (Å²) in [4.78, 5) is 2.46. The van der Waals surface area contributed by atoms with Gasteiger partial charge in [-0.1, -0.05) is 18.2 Å². The molecule has 0 spiro atoms. The summed E-state index contributed by atoms with van der Waals surface area (Å²) in [6, 6.07) is 8.59. The predicted molar refractivity (Wildman–Crippen MR) is 75.9 cm³/mol. The first kappa shape index (κ1) is 13.4. The van der Waals surface area contributed by atoms with Crippen molar-refractivity contribution < 1.29 is 4.74 Å². The molecule has 1 aromatic carbocycles. The van der Waals surface area contributed by atoms with Crippen molar-refractivity contribution in [1.29, 1.82) is 0 Å². The number of anilines is 1. The molecule has 18 heavy (non-hydrogen) atoms. The van der Waals surface area contributed by atoms with Gasteiger partial charge in [-0.3, -0.25) is 0 Å². The van der Waals surface area contributed by atoms with E-state index >= 15 is 0 Å². The first-order chi connectivity index (χ1) is 8.72. The minimum absolute atomic E-state index is 0.0953. The van der Waals surface area contributed by atoms with Crippen LogP contribution in [0, 0.1) is 5.92 Å². The molecule has 3 heteroatoms. The maximum atomic E-state index is 6.05. The van der Waals surface area contributed by atoms with Crippen molar-refractivity contribution in [2.75, 3.05) is 31.7 Å². The molecule has 1 heterocycles. The molecule has 0 saturated carbocycles. The Bertz CT molecular complexity index is 371. The van der Waals surface area contributed by atoms with Crippen LogP contribution in [0.2, 0.25) is 0 Å². The Morgan fingerprint density at radius 3 is 2.61 bits per heavy atom. The van der Waals surface area contributed by atoms with Gasteiger partial charge in [0.05, 0.1) is 0 Å². The molecular weight excluding hydrogens is 224 g/mol. The SMILES string of the molecule is COCC1CCN(c2ccccc2C(C)N)CC1. The normalized spacial score (nSPS) is 18.9. The molecule has 1 aromatic rings. The zero-order valence-corrected chi connectivity index (χ0v) is 11.4. The Labute approximate surface area is 110 Å². The number of hydrogen-bond acceptors (Lipinski definition) is 3. The van der Waals surface area contributed by atoms with Crippen LogP contribution in [-0.2, 0) is 4.74 Å². The third-order valence-electron chi connectivity index (χ3n) is 3.78. The maximum Gasteiger partial charge on any atom is 0.0491 e. The summed E-state index contributed by atoms with van der Waals surface area (Å²) in [6.07, 6.45) is 2.42. The number of hydrogen-bond donors (Lipinski definition) is 1. The van der Waals surface area contributed by atoms with Crippen LogP contribution < -0.4 is 10.6 Å². The van der Waals surface area contributed by atoms with Crippen LogP contribution in [0.3, 0.4) is 0 Å². The summed E-state index contributed by atoms with van der Waals surface area (Å²) in [6.45, 7) is 5.16. The zero-order valence-electron chi connectivity index (χ0n) is 11.4. The second-order valence-electron chi connectivity index (χ2n) is 5.23. The monoisotopic (exact) mass is 248 g/mol. The average Bonchev–Trinajstić information content (AvgIpc) is 2.40. The second-order valence-corrected chi connectivity index (χ2v) is 5.23. The van der Waals surface area contributed by atoms with Crippen molar-refractivity contribution >= 4 is 5.69 Å². The molecule has 100 valence electrons. The number of ether oxygens (including phenoxy) is 1. The molecule has 1 atom stereocenters. The summed E-state index contributed by atoms with van der Waals surface area (Å²) in [5, 5.41) is 0. The molecule has 3 nitrogen and oxygen atoms in total. The van der Waals surface area contributed by atoms with Crippen molar-refractivity contribution in [3.05, 3.63) is 29.8 Å². The van der Waals surface area contributed by atoms with E-state index in [4.69, 9.17) is 10.5 Å². The van der Waals surface area contributed by atoms with Gasteiger partial charge in [0.1, 0.15) is 0 Å². The smallest absolute Gasteiger partial charge is 0.0491 e. The Morgan fingerprint density at radius 2 is 2.00 bits per heavy atom. The number of nitrogens with two attached hydrogens (primary N) is 1. The Morgan fingerprint density at radius 1 is 1.33 bits per heavy atom. The predicted octanol–water partition coefficient (Wildman–Crippen LogP) is 2.57. The van der Waals surface area contributed by atoms with Crippen molar-refractivity contribution in [3.63, 3.8) is 0 Å². The topological polar surface area (TPSA) is 38.5 Å². The highest BCUT2D eigenvalue weighted by molar-refractivity contribution is 5.55. The summed E-state index contributed by atoms with van der Waals surface area (Å²) in [5.41, 5.74) is 8.61. The molecule has 1 unspecified atom stereocenters. The van der Waals surface area contributed by atoms with Gasteiger partial charge in [0.15, 0.2) is 0 Å². The molecule has 0 aromatic heterocycles. The molecular formula is C15H24N2O. The first-order valence-corrected chi connectivity index (χ1v) is 6.80. The van der Waals surface area contributed by atoms with Crippen molar-refractivity contribution in [2.45, 2.75) is 25.8 Å². The lowest BCUT2D eigenvalue weighted by Crippen LogP contribution is -2.35. The molecule has 0 aliphatic carbocycles. The van der Waals surface area contributed by atoms with Gasteiger partial charge in [0.25, 0.3) is 0 Å². The van der Waals surface area contributed by atoms with E-state index in [0.717, 1.165) is 19.7 Å². The quantitative estimate of drug-likeness (QED) is 0.890. The molecule has 2 rings (SSSR count). The van der Waals surface area contributed by atoms with Gasteiger partial charge < -0.3 is 15.4 Å². The van der Waals surface area contributed by atoms with E-state index in [1.165, 1.54) is 24.1 Å². The van der Waals surface area contributed by atoms with Crippen LogP contribution in [-0.4, -0.2) is 26.8 Å². The summed E-state index contributed by atoms with van der Waals surface area (Å²) in [7, 11) is 1.79. The highest BCUT2D eigenvalue weighted by Crippen LogP contribution is 2.29. The molecule has 0 radical (unpaired) electrons. The van der Waals surface area contributed by atoms with Crippen LogP contribution in [0.5, 0.6) is 0 Å². The fourth-order valence-corrected chi connectivity index (χ4v) is 2.74. The second kappa shape index (κ2) is 6.21. The fraction of sp³-hybridized carbons (Fsp3) is 0.600. The van der Waals surface area contributed by atoms with Gasteiger partial charge in [-0.15, -0.1) is 0 Å². The van der Waals surface area contributed by atoms with E-state index in [0.29, 0.717) is 5.92 Å². The molecule has 1 aliphatic rings. The molecule has 2 N–H and O–H groups in total. The molecule has 1 saturated heterocycles. The summed E-state index contributed by atoms with van der Waals surface area (Å²) < 4.78 is 5.25. The standard InChI is InChI=1S/C15H24N2O/c1-12(16)14-5-3-4-6-15(14)17-9-7-13(8-10-17)11-18-2/h3-6,12-13H,7-11,16H2,1-2H3. The lowest BCUT2D eigenvalue weighted by atomic mass is 9.96. The largest absolute Gasteiger partial charge is 0.384 e. The molecule has 0 bridgehead atoms. The molecule has 1 fully saturated rings. The van der Waals surface area contributed by atoms with E-state index in [1.54, 1.807) is 7.11 Å². The average molecular weight is 248 g/mol. The van der Waals surface area contributed by atoms with E-state index in [2.05, 4.69) is 36.1 Å². The van der Waals surface area contributed by atoms with Gasteiger partial charge in [-0.25, -0.2) is 0 Å². The third-order valence-corrected chi connectivity index (χ3v) is 3.78. The van der Waals surface area contributed by atoms with Crippen molar-refractivity contribution in [2.24, 2.45) is 11.7 Å². The van der Waals surface area contributed by atoms with Crippen LogP contribution in [0.15, 0.2) is 24.3 Å². The minimum Gasteiger partial charge on any atom is -0.384 e. The number of piperidine rings is 1. The Kier molecular flexibility index (Phi) is 4.61.